The maximum Gasteiger partial charge on any atom is 0.168 e. The van der Waals surface area contributed by atoms with Crippen LogP contribution in [0.4, 0.5) is 5.82 Å². The number of hydrogen-bond donors (Lipinski definition) is 0. The van der Waals surface area contributed by atoms with Crippen LogP contribution in [-0.2, 0) is 0 Å². The van der Waals surface area contributed by atoms with Crippen LogP contribution >= 0.6 is 0 Å². The van der Waals surface area contributed by atoms with E-state index in [0.29, 0.717) is 0 Å². The van der Waals surface area contributed by atoms with Gasteiger partial charge in [-0.1, -0.05) is 31.0 Å². The van der Waals surface area contributed by atoms with E-state index in [-0.39, 0.29) is 0 Å². The van der Waals surface area contributed by atoms with E-state index in [2.05, 4.69) is 65.1 Å². The molecule has 5 nitrogen and oxygen atoms in total. The zero-order valence-electron chi connectivity index (χ0n) is 13.3. The molecule has 0 spiro atoms. The van der Waals surface area contributed by atoms with Crippen LogP contribution in [0.2, 0.25) is 0 Å². The van der Waals surface area contributed by atoms with Gasteiger partial charge in [0.05, 0.1) is 17.3 Å². The molecule has 0 aliphatic carbocycles. The normalized spacial score (nSPS) is 11.0. The number of aromatic nitrogens is 4. The Morgan fingerprint density at radius 2 is 1.91 bits per heavy atom. The van der Waals surface area contributed by atoms with E-state index in [9.17, 15) is 0 Å². The van der Waals surface area contributed by atoms with E-state index >= 15 is 0 Å². The van der Waals surface area contributed by atoms with Crippen molar-refractivity contribution in [3.05, 3.63) is 42.4 Å². The lowest BCUT2D eigenvalue weighted by atomic mass is 10.2. The van der Waals surface area contributed by atoms with Crippen molar-refractivity contribution in [3.8, 4) is 5.69 Å². The fraction of sp³-hybridized carbons (Fsp3) is 0.353. The topological polar surface area (TPSA) is 46.8 Å². The van der Waals surface area contributed by atoms with Gasteiger partial charge < -0.3 is 4.90 Å². The minimum atomic E-state index is 0.845. The SMILES string of the molecule is CCCCN(C)c1ncnc2c1cnn2-c1ccc(C)cc1. The highest BCUT2D eigenvalue weighted by Gasteiger charge is 2.13. The Bertz CT molecular complexity index is 760. The van der Waals surface area contributed by atoms with E-state index < -0.39 is 0 Å². The van der Waals surface area contributed by atoms with Gasteiger partial charge in [-0.15, -0.1) is 0 Å². The van der Waals surface area contributed by atoms with E-state index in [4.69, 9.17) is 0 Å². The third kappa shape index (κ3) is 2.66. The molecule has 0 bridgehead atoms. The van der Waals surface area contributed by atoms with Gasteiger partial charge in [0.1, 0.15) is 12.1 Å². The van der Waals surface area contributed by atoms with Gasteiger partial charge >= 0.3 is 0 Å². The Labute approximate surface area is 130 Å². The minimum Gasteiger partial charge on any atom is -0.359 e. The summed E-state index contributed by atoms with van der Waals surface area (Å²) in [5, 5.41) is 5.49. The lowest BCUT2D eigenvalue weighted by Gasteiger charge is -2.18. The quantitative estimate of drug-likeness (QED) is 0.724. The molecule has 114 valence electrons. The van der Waals surface area contributed by atoms with Crippen LogP contribution in [-0.4, -0.2) is 33.3 Å². The van der Waals surface area contributed by atoms with Crippen LogP contribution in [0.25, 0.3) is 16.7 Å². The van der Waals surface area contributed by atoms with Crippen molar-refractivity contribution in [2.75, 3.05) is 18.5 Å². The molecule has 0 saturated carbocycles. The van der Waals surface area contributed by atoms with Gasteiger partial charge in [0.25, 0.3) is 0 Å². The van der Waals surface area contributed by atoms with Crippen molar-refractivity contribution in [1.82, 2.24) is 19.7 Å². The number of nitrogens with zero attached hydrogens (tertiary/aromatic N) is 5. The molecule has 0 N–H and O–H groups in total. The Morgan fingerprint density at radius 3 is 2.64 bits per heavy atom. The van der Waals surface area contributed by atoms with Crippen LogP contribution in [0.1, 0.15) is 25.3 Å². The molecule has 0 fully saturated rings. The maximum absolute atomic E-state index is 4.51. The van der Waals surface area contributed by atoms with Gasteiger partial charge in [0.15, 0.2) is 5.65 Å². The van der Waals surface area contributed by atoms with Crippen molar-refractivity contribution >= 4 is 16.9 Å². The second-order valence-electron chi connectivity index (χ2n) is 5.60. The average molecular weight is 295 g/mol. The monoisotopic (exact) mass is 295 g/mol. The standard InChI is InChI=1S/C17H21N5/c1-4-5-10-21(3)16-15-11-20-22(17(15)19-12-18-16)14-8-6-13(2)7-9-14/h6-9,11-12H,4-5,10H2,1-3H3. The van der Waals surface area contributed by atoms with Gasteiger partial charge in [-0.3, -0.25) is 0 Å². The summed E-state index contributed by atoms with van der Waals surface area (Å²) in [6.45, 7) is 5.26. The summed E-state index contributed by atoms with van der Waals surface area (Å²) in [7, 11) is 2.07. The summed E-state index contributed by atoms with van der Waals surface area (Å²) in [5.74, 6) is 0.941. The van der Waals surface area contributed by atoms with Gasteiger partial charge in [-0.05, 0) is 25.5 Å². The first kappa shape index (κ1) is 14.5. The number of rotatable bonds is 5. The molecule has 0 saturated heterocycles. The fourth-order valence-corrected chi connectivity index (χ4v) is 2.51. The lowest BCUT2D eigenvalue weighted by Crippen LogP contribution is -2.19. The second kappa shape index (κ2) is 6.13. The molecule has 0 amide bonds. The van der Waals surface area contributed by atoms with Crippen molar-refractivity contribution in [1.29, 1.82) is 0 Å². The molecule has 2 aromatic heterocycles. The second-order valence-corrected chi connectivity index (χ2v) is 5.60. The summed E-state index contributed by atoms with van der Waals surface area (Å²) in [6.07, 6.45) is 5.79. The summed E-state index contributed by atoms with van der Waals surface area (Å²) < 4.78 is 1.87. The summed E-state index contributed by atoms with van der Waals surface area (Å²) in [4.78, 5) is 11.0. The molecular weight excluding hydrogens is 274 g/mol. The maximum atomic E-state index is 4.51. The molecule has 3 rings (SSSR count). The molecule has 0 aliphatic rings. The third-order valence-corrected chi connectivity index (χ3v) is 3.83. The van der Waals surface area contributed by atoms with Gasteiger partial charge in [-0.2, -0.15) is 5.10 Å². The van der Waals surface area contributed by atoms with E-state index in [0.717, 1.165) is 35.5 Å². The van der Waals surface area contributed by atoms with Crippen LogP contribution in [0, 0.1) is 6.92 Å². The zero-order chi connectivity index (χ0) is 15.5. The molecule has 3 aromatic rings. The third-order valence-electron chi connectivity index (χ3n) is 3.83. The van der Waals surface area contributed by atoms with Crippen molar-refractivity contribution in [3.63, 3.8) is 0 Å². The van der Waals surface area contributed by atoms with Crippen LogP contribution in [0.5, 0.6) is 0 Å². The highest BCUT2D eigenvalue weighted by Crippen LogP contribution is 2.24. The lowest BCUT2D eigenvalue weighted by molar-refractivity contribution is 0.761. The van der Waals surface area contributed by atoms with E-state index in [1.165, 1.54) is 12.0 Å². The molecular formula is C17H21N5. The summed E-state index contributed by atoms with van der Waals surface area (Å²) in [6, 6.07) is 8.28. The highest BCUT2D eigenvalue weighted by molar-refractivity contribution is 5.87. The molecule has 0 atom stereocenters. The van der Waals surface area contributed by atoms with Crippen LogP contribution in [0.3, 0.4) is 0 Å². The Morgan fingerprint density at radius 1 is 1.14 bits per heavy atom. The number of anilines is 1. The molecule has 0 aliphatic heterocycles. The van der Waals surface area contributed by atoms with E-state index in [1.54, 1.807) is 6.33 Å². The molecule has 1 aromatic carbocycles. The van der Waals surface area contributed by atoms with E-state index in [1.807, 2.05) is 10.9 Å². The number of hydrogen-bond acceptors (Lipinski definition) is 4. The predicted molar refractivity (Wildman–Crippen MR) is 89.6 cm³/mol. The molecule has 5 heteroatoms. The van der Waals surface area contributed by atoms with Gasteiger partial charge in [0, 0.05) is 13.6 Å². The zero-order valence-corrected chi connectivity index (χ0v) is 13.3. The first-order valence-electron chi connectivity index (χ1n) is 7.67. The van der Waals surface area contributed by atoms with Gasteiger partial charge in [0.2, 0.25) is 0 Å². The number of aryl methyl sites for hydroxylation is 1. The minimum absolute atomic E-state index is 0.845. The molecule has 0 unspecified atom stereocenters. The summed E-state index contributed by atoms with van der Waals surface area (Å²) in [5.41, 5.74) is 3.09. The number of fused-ring (bicyclic) bond motifs is 1. The molecule has 22 heavy (non-hydrogen) atoms. The number of benzene rings is 1. The largest absolute Gasteiger partial charge is 0.359 e. The number of unbranched alkanes of at least 4 members (excludes halogenated alkanes) is 1. The van der Waals surface area contributed by atoms with Crippen LogP contribution < -0.4 is 4.90 Å². The van der Waals surface area contributed by atoms with Crippen molar-refractivity contribution in [2.45, 2.75) is 26.7 Å². The Kier molecular flexibility index (Phi) is 4.04. The highest BCUT2D eigenvalue weighted by atomic mass is 15.3. The van der Waals surface area contributed by atoms with Crippen LogP contribution in [0.15, 0.2) is 36.8 Å². The smallest absolute Gasteiger partial charge is 0.168 e. The van der Waals surface area contributed by atoms with Crippen molar-refractivity contribution in [2.24, 2.45) is 0 Å². The predicted octanol–water partition coefficient (Wildman–Crippen LogP) is 3.36. The average Bonchev–Trinajstić information content (AvgIpc) is 2.97. The van der Waals surface area contributed by atoms with Gasteiger partial charge in [-0.25, -0.2) is 14.6 Å². The first-order valence-corrected chi connectivity index (χ1v) is 7.67. The Hall–Kier alpha value is -2.43. The van der Waals surface area contributed by atoms with Crippen molar-refractivity contribution < 1.29 is 0 Å². The fourth-order valence-electron chi connectivity index (χ4n) is 2.51. The molecule has 0 radical (unpaired) electrons. The Balaban J connectivity index is 2.03. The molecule has 2 heterocycles. The first-order chi connectivity index (χ1) is 10.7. The summed E-state index contributed by atoms with van der Waals surface area (Å²) >= 11 is 0.